The number of piperazine rings is 1. The summed E-state index contributed by atoms with van der Waals surface area (Å²) in [7, 11) is 0. The first-order valence-electron chi connectivity index (χ1n) is 18.5. The SMILES string of the molecule is CC1(C)CCc2cc3c(C(F)(F)F)cc(=O)oc3cc2N1CCCCCCN1CCN(C(=O)c2cc(Cc3n[nH]c(=O)c4ccccc34)ccc2F)CC1. The van der Waals surface area contributed by atoms with Gasteiger partial charge in [-0.15, -0.1) is 0 Å². The van der Waals surface area contributed by atoms with E-state index in [0.29, 0.717) is 61.6 Å². The van der Waals surface area contributed by atoms with Gasteiger partial charge in [-0.25, -0.2) is 14.3 Å². The van der Waals surface area contributed by atoms with Crippen molar-refractivity contribution >= 4 is 33.3 Å². The van der Waals surface area contributed by atoms with Crippen molar-refractivity contribution in [1.82, 2.24) is 20.0 Å². The highest BCUT2D eigenvalue weighted by Crippen LogP contribution is 2.42. The maximum Gasteiger partial charge on any atom is 0.417 e. The van der Waals surface area contributed by atoms with Gasteiger partial charge in [0, 0.05) is 73.3 Å². The minimum absolute atomic E-state index is 0.0259. The van der Waals surface area contributed by atoms with Crippen LogP contribution in [0.15, 0.2) is 74.7 Å². The number of unbranched alkanes of at least 4 members (excludes halogenated alkanes) is 3. The molecular formula is C41H43F4N5O4. The first kappa shape index (κ1) is 37.3. The molecule has 0 spiro atoms. The van der Waals surface area contributed by atoms with Gasteiger partial charge in [-0.1, -0.05) is 37.1 Å². The number of alkyl halides is 3. The molecule has 7 rings (SSSR count). The Labute approximate surface area is 309 Å². The maximum absolute atomic E-state index is 15.0. The van der Waals surface area contributed by atoms with Crippen LogP contribution in [0.5, 0.6) is 0 Å². The fourth-order valence-corrected chi connectivity index (χ4v) is 7.90. The average molecular weight is 746 g/mol. The third-order valence-corrected chi connectivity index (χ3v) is 11.0. The zero-order chi connectivity index (χ0) is 38.2. The molecular weight excluding hydrogens is 702 g/mol. The summed E-state index contributed by atoms with van der Waals surface area (Å²) in [4.78, 5) is 43.9. The van der Waals surface area contributed by atoms with Gasteiger partial charge in [0.15, 0.2) is 0 Å². The summed E-state index contributed by atoms with van der Waals surface area (Å²) in [6, 6.07) is 15.4. The number of nitrogens with zero attached hydrogens (tertiary/aromatic N) is 4. The lowest BCUT2D eigenvalue weighted by Crippen LogP contribution is -2.49. The zero-order valence-corrected chi connectivity index (χ0v) is 30.4. The van der Waals surface area contributed by atoms with E-state index in [1.807, 2.05) is 12.1 Å². The molecule has 0 aliphatic carbocycles. The van der Waals surface area contributed by atoms with E-state index in [1.165, 1.54) is 12.1 Å². The van der Waals surface area contributed by atoms with Crippen LogP contribution in [0.1, 0.15) is 78.7 Å². The predicted octanol–water partition coefficient (Wildman–Crippen LogP) is 7.33. The van der Waals surface area contributed by atoms with Crippen LogP contribution in [-0.2, 0) is 19.0 Å². The molecule has 0 saturated carbocycles. The van der Waals surface area contributed by atoms with Crippen molar-refractivity contribution in [3.63, 3.8) is 0 Å². The van der Waals surface area contributed by atoms with Crippen LogP contribution in [0.2, 0.25) is 0 Å². The number of benzene rings is 3. The summed E-state index contributed by atoms with van der Waals surface area (Å²) in [6.07, 6.45) is 0.957. The molecule has 9 nitrogen and oxygen atoms in total. The van der Waals surface area contributed by atoms with E-state index in [0.717, 1.165) is 62.0 Å². The molecule has 2 aliphatic rings. The number of H-pyrrole nitrogens is 1. The topological polar surface area (TPSA) is 103 Å². The average Bonchev–Trinajstić information content (AvgIpc) is 3.14. The molecule has 0 bridgehead atoms. The van der Waals surface area contributed by atoms with E-state index in [2.05, 4.69) is 33.8 Å². The van der Waals surface area contributed by atoms with Gasteiger partial charge in [0.1, 0.15) is 11.4 Å². The highest BCUT2D eigenvalue weighted by Gasteiger charge is 2.37. The second-order valence-electron chi connectivity index (χ2n) is 15.0. The predicted molar refractivity (Wildman–Crippen MR) is 200 cm³/mol. The van der Waals surface area contributed by atoms with Crippen molar-refractivity contribution in [1.29, 1.82) is 0 Å². The van der Waals surface area contributed by atoms with Crippen molar-refractivity contribution in [2.24, 2.45) is 0 Å². The Morgan fingerprint density at radius 2 is 1.61 bits per heavy atom. The summed E-state index contributed by atoms with van der Waals surface area (Å²) >= 11 is 0. The van der Waals surface area contributed by atoms with E-state index in [1.54, 1.807) is 35.2 Å². The summed E-state index contributed by atoms with van der Waals surface area (Å²) in [5.41, 5.74) is 0.507. The number of aromatic amines is 1. The summed E-state index contributed by atoms with van der Waals surface area (Å²) in [5.74, 6) is -0.913. The van der Waals surface area contributed by atoms with Crippen LogP contribution in [0.3, 0.4) is 0 Å². The normalized spacial score (nSPS) is 16.3. The molecule has 5 aromatic rings. The Hall–Kier alpha value is -5.04. The third kappa shape index (κ3) is 7.77. The molecule has 13 heteroatoms. The van der Waals surface area contributed by atoms with E-state index in [9.17, 15) is 31.9 Å². The van der Waals surface area contributed by atoms with Gasteiger partial charge < -0.3 is 14.2 Å². The second kappa shape index (κ2) is 15.0. The van der Waals surface area contributed by atoms with Crippen molar-refractivity contribution in [3.8, 4) is 0 Å². The van der Waals surface area contributed by atoms with Gasteiger partial charge in [-0.3, -0.25) is 14.5 Å². The number of aryl methyl sites for hydroxylation is 1. The molecule has 2 aliphatic heterocycles. The van der Waals surface area contributed by atoms with Crippen molar-refractivity contribution in [2.45, 2.75) is 70.5 Å². The van der Waals surface area contributed by atoms with Crippen molar-refractivity contribution in [2.75, 3.05) is 44.2 Å². The Kier molecular flexibility index (Phi) is 10.4. The Balaban J connectivity index is 0.895. The quantitative estimate of drug-likeness (QED) is 0.0908. The number of aromatic nitrogens is 2. The van der Waals surface area contributed by atoms with Gasteiger partial charge in [-0.05, 0) is 81.5 Å². The van der Waals surface area contributed by atoms with Gasteiger partial charge in [0.2, 0.25) is 0 Å². The molecule has 1 N–H and O–H groups in total. The molecule has 0 atom stereocenters. The molecule has 0 unspecified atom stereocenters. The number of carbonyl (C=O) groups excluding carboxylic acids is 1. The highest BCUT2D eigenvalue weighted by molar-refractivity contribution is 5.95. The first-order chi connectivity index (χ1) is 25.8. The van der Waals surface area contributed by atoms with E-state index in [4.69, 9.17) is 4.42 Å². The second-order valence-corrected chi connectivity index (χ2v) is 15.0. The molecule has 3 aromatic carbocycles. The van der Waals surface area contributed by atoms with E-state index < -0.39 is 23.2 Å². The largest absolute Gasteiger partial charge is 0.423 e. The van der Waals surface area contributed by atoms with Crippen LogP contribution in [0.25, 0.3) is 21.7 Å². The lowest BCUT2D eigenvalue weighted by atomic mass is 9.85. The van der Waals surface area contributed by atoms with Gasteiger partial charge in [-0.2, -0.15) is 18.3 Å². The van der Waals surface area contributed by atoms with Crippen LogP contribution in [0.4, 0.5) is 23.2 Å². The minimum atomic E-state index is -4.66. The summed E-state index contributed by atoms with van der Waals surface area (Å²) in [6.45, 7) is 8.26. The number of carbonyl (C=O) groups is 1. The standard InChI is InChI=1S/C41H43F4N5O4/c1-40(2)14-13-27-23-30-32(41(43,44)45)24-37(51)54-36(30)25-35(27)50(40)16-8-4-3-7-15-48-17-19-49(20-18-48)39(53)31-21-26(11-12-33(31)42)22-34-28-9-5-6-10-29(28)38(52)47-46-34/h5-6,9-12,21,23-25H,3-4,7-8,13-20,22H2,1-2H3,(H,47,52). The molecule has 1 fully saturated rings. The fourth-order valence-electron chi connectivity index (χ4n) is 7.90. The molecule has 1 amide bonds. The van der Waals surface area contributed by atoms with E-state index >= 15 is 0 Å². The summed E-state index contributed by atoms with van der Waals surface area (Å²) < 4.78 is 61.4. The number of hydrogen-bond donors (Lipinski definition) is 1. The van der Waals surface area contributed by atoms with Crippen LogP contribution in [0, 0.1) is 5.82 Å². The zero-order valence-electron chi connectivity index (χ0n) is 30.4. The molecule has 0 radical (unpaired) electrons. The number of amides is 1. The Morgan fingerprint density at radius 1 is 0.889 bits per heavy atom. The summed E-state index contributed by atoms with van der Waals surface area (Å²) in [5, 5.41) is 7.89. The number of hydrogen-bond acceptors (Lipinski definition) is 7. The lowest BCUT2D eigenvalue weighted by molar-refractivity contribution is -0.136. The molecule has 1 saturated heterocycles. The van der Waals surface area contributed by atoms with Gasteiger partial charge in [0.05, 0.1) is 22.2 Å². The molecule has 4 heterocycles. The third-order valence-electron chi connectivity index (χ3n) is 11.0. The molecule has 284 valence electrons. The highest BCUT2D eigenvalue weighted by atomic mass is 19.4. The van der Waals surface area contributed by atoms with Crippen molar-refractivity contribution < 1.29 is 26.8 Å². The smallest absolute Gasteiger partial charge is 0.417 e. The Bertz CT molecular complexity index is 2310. The maximum atomic E-state index is 15.0. The van der Waals surface area contributed by atoms with E-state index in [-0.39, 0.29) is 33.5 Å². The first-order valence-corrected chi connectivity index (χ1v) is 18.5. The van der Waals surface area contributed by atoms with Gasteiger partial charge in [0.25, 0.3) is 11.5 Å². The van der Waals surface area contributed by atoms with Crippen LogP contribution in [-0.4, -0.2) is 70.7 Å². The van der Waals surface area contributed by atoms with Crippen LogP contribution >= 0.6 is 0 Å². The lowest BCUT2D eigenvalue weighted by Gasteiger charge is -2.45. The molecule has 2 aromatic heterocycles. The number of fused-ring (bicyclic) bond motifs is 3. The number of anilines is 1. The van der Waals surface area contributed by atoms with Gasteiger partial charge >= 0.3 is 11.8 Å². The van der Waals surface area contributed by atoms with Crippen LogP contribution < -0.4 is 16.1 Å². The minimum Gasteiger partial charge on any atom is -0.423 e. The Morgan fingerprint density at radius 3 is 2.35 bits per heavy atom. The number of nitrogens with one attached hydrogen (secondary N) is 1. The number of rotatable bonds is 10. The molecule has 54 heavy (non-hydrogen) atoms. The fraction of sp³-hybridized carbons (Fsp3) is 0.415. The van der Waals surface area contributed by atoms with Crippen molar-refractivity contribution in [3.05, 3.63) is 115 Å². The monoisotopic (exact) mass is 745 g/mol. The number of halogens is 4.